The van der Waals surface area contributed by atoms with Gasteiger partial charge in [-0.05, 0) is 48.4 Å². The molecule has 1 amide bonds. The van der Waals surface area contributed by atoms with Gasteiger partial charge in [-0.25, -0.2) is 4.98 Å². The summed E-state index contributed by atoms with van der Waals surface area (Å²) in [4.78, 5) is 18.8. The summed E-state index contributed by atoms with van der Waals surface area (Å²) in [6.45, 7) is 4.66. The Morgan fingerprint density at radius 1 is 0.889 bits per heavy atom. The summed E-state index contributed by atoms with van der Waals surface area (Å²) in [5.41, 5.74) is 4.16. The number of methoxy groups -OCH3 is 1. The molecule has 0 bridgehead atoms. The van der Waals surface area contributed by atoms with Crippen molar-refractivity contribution in [3.8, 4) is 28.4 Å². The van der Waals surface area contributed by atoms with E-state index in [4.69, 9.17) is 9.72 Å². The van der Waals surface area contributed by atoms with Crippen LogP contribution in [0.25, 0.3) is 33.4 Å². The number of fused-ring (bicyclic) bond motifs is 1. The number of hydrogen-bond acceptors (Lipinski definition) is 3. The molecule has 1 atom stereocenters. The molecule has 5 aromatic rings. The fourth-order valence-corrected chi connectivity index (χ4v) is 4.59. The number of hydrogen-bond donors (Lipinski definition) is 1. The molecule has 0 saturated heterocycles. The first-order chi connectivity index (χ1) is 17.6. The summed E-state index contributed by atoms with van der Waals surface area (Å²) >= 11 is 0. The van der Waals surface area contributed by atoms with E-state index in [0.717, 1.165) is 39.0 Å². The maximum absolute atomic E-state index is 13.8. The van der Waals surface area contributed by atoms with Crippen molar-refractivity contribution in [2.75, 3.05) is 7.11 Å². The highest BCUT2D eigenvalue weighted by molar-refractivity contribution is 6.01. The van der Waals surface area contributed by atoms with Crippen LogP contribution in [-0.4, -0.2) is 22.6 Å². The Balaban J connectivity index is 1.64. The SMILES string of the molecule is CCn1c(-c2ccccc2)nc(-c2ccc3cc(OC)ccc3c2)c1C(=O)NC(C)c1ccccc1. The van der Waals surface area contributed by atoms with Gasteiger partial charge in [-0.2, -0.15) is 0 Å². The van der Waals surface area contributed by atoms with Crippen molar-refractivity contribution < 1.29 is 9.53 Å². The largest absolute Gasteiger partial charge is 0.497 e. The second-order valence-electron chi connectivity index (χ2n) is 8.78. The highest BCUT2D eigenvalue weighted by atomic mass is 16.5. The van der Waals surface area contributed by atoms with Gasteiger partial charge in [-0.15, -0.1) is 0 Å². The van der Waals surface area contributed by atoms with Crippen LogP contribution in [0.2, 0.25) is 0 Å². The standard InChI is InChI=1S/C31H29N3O2/c1-4-34-29(31(35)32-21(2)22-11-7-5-8-12-22)28(33-30(34)23-13-9-6-10-14-23)26-16-15-25-20-27(36-3)18-17-24(25)19-26/h5-21H,4H2,1-3H3,(H,32,35). The molecule has 36 heavy (non-hydrogen) atoms. The van der Waals surface area contributed by atoms with Crippen LogP contribution in [0.1, 0.15) is 35.9 Å². The van der Waals surface area contributed by atoms with Crippen molar-refractivity contribution in [3.63, 3.8) is 0 Å². The van der Waals surface area contributed by atoms with Crippen molar-refractivity contribution >= 4 is 16.7 Å². The average Bonchev–Trinajstić information content (AvgIpc) is 3.33. The fraction of sp³-hybridized carbons (Fsp3) is 0.161. The van der Waals surface area contributed by atoms with Gasteiger partial charge in [0.15, 0.2) is 0 Å². The maximum atomic E-state index is 13.8. The first-order valence-corrected chi connectivity index (χ1v) is 12.2. The van der Waals surface area contributed by atoms with Crippen LogP contribution in [0.4, 0.5) is 0 Å². The van der Waals surface area contributed by atoms with Gasteiger partial charge in [0.25, 0.3) is 5.91 Å². The van der Waals surface area contributed by atoms with Crippen LogP contribution in [0.15, 0.2) is 97.1 Å². The van der Waals surface area contributed by atoms with Gasteiger partial charge in [0.1, 0.15) is 23.0 Å². The average molecular weight is 476 g/mol. The van der Waals surface area contributed by atoms with Gasteiger partial charge >= 0.3 is 0 Å². The van der Waals surface area contributed by atoms with Crippen LogP contribution in [0.3, 0.4) is 0 Å². The van der Waals surface area contributed by atoms with E-state index in [1.165, 1.54) is 0 Å². The molecule has 0 aliphatic carbocycles. The zero-order valence-corrected chi connectivity index (χ0v) is 20.7. The van der Waals surface area contributed by atoms with E-state index in [2.05, 4.69) is 17.4 Å². The van der Waals surface area contributed by atoms with Crippen molar-refractivity contribution in [3.05, 3.63) is 108 Å². The van der Waals surface area contributed by atoms with Gasteiger partial charge in [0.05, 0.1) is 13.2 Å². The molecule has 1 heterocycles. The van der Waals surface area contributed by atoms with E-state index in [1.54, 1.807) is 7.11 Å². The van der Waals surface area contributed by atoms with Gasteiger partial charge in [-0.1, -0.05) is 78.9 Å². The van der Waals surface area contributed by atoms with Gasteiger partial charge in [0, 0.05) is 17.7 Å². The summed E-state index contributed by atoms with van der Waals surface area (Å²) in [5, 5.41) is 5.33. The predicted molar refractivity (Wildman–Crippen MR) is 145 cm³/mol. The van der Waals surface area contributed by atoms with Crippen molar-refractivity contribution in [2.24, 2.45) is 0 Å². The Hall–Kier alpha value is -4.38. The third kappa shape index (κ3) is 4.48. The number of nitrogens with one attached hydrogen (secondary N) is 1. The highest BCUT2D eigenvalue weighted by Crippen LogP contribution is 2.32. The van der Waals surface area contributed by atoms with Crippen LogP contribution in [0.5, 0.6) is 5.75 Å². The molecule has 1 aromatic heterocycles. The lowest BCUT2D eigenvalue weighted by Crippen LogP contribution is -2.29. The Morgan fingerprint density at radius 2 is 1.56 bits per heavy atom. The highest BCUT2D eigenvalue weighted by Gasteiger charge is 2.25. The van der Waals surface area contributed by atoms with Crippen molar-refractivity contribution in [2.45, 2.75) is 26.4 Å². The number of amides is 1. The molecule has 5 heteroatoms. The van der Waals surface area contributed by atoms with E-state index >= 15 is 0 Å². The quantitative estimate of drug-likeness (QED) is 0.279. The van der Waals surface area contributed by atoms with Gasteiger partial charge in [0.2, 0.25) is 0 Å². The lowest BCUT2D eigenvalue weighted by molar-refractivity contribution is 0.0931. The summed E-state index contributed by atoms with van der Waals surface area (Å²) in [6.07, 6.45) is 0. The fourth-order valence-electron chi connectivity index (χ4n) is 4.59. The number of ether oxygens (including phenoxy) is 1. The molecule has 4 aromatic carbocycles. The molecule has 0 aliphatic rings. The second kappa shape index (κ2) is 10.1. The van der Waals surface area contributed by atoms with E-state index in [-0.39, 0.29) is 11.9 Å². The number of carbonyl (C=O) groups is 1. The maximum Gasteiger partial charge on any atom is 0.270 e. The number of carbonyl (C=O) groups excluding carboxylic acids is 1. The third-order valence-corrected chi connectivity index (χ3v) is 6.50. The minimum absolute atomic E-state index is 0.143. The van der Waals surface area contributed by atoms with E-state index in [9.17, 15) is 4.79 Å². The molecule has 0 saturated carbocycles. The summed E-state index contributed by atoms with van der Waals surface area (Å²) in [7, 11) is 1.67. The molecule has 1 N–H and O–H groups in total. The Kier molecular flexibility index (Phi) is 6.54. The Bertz CT molecular complexity index is 1510. The third-order valence-electron chi connectivity index (χ3n) is 6.50. The summed E-state index contributed by atoms with van der Waals surface area (Å²) in [5.74, 6) is 1.44. The minimum atomic E-state index is -0.146. The molecular weight excluding hydrogens is 446 g/mol. The van der Waals surface area contributed by atoms with Gasteiger partial charge < -0.3 is 14.6 Å². The molecular formula is C31H29N3O2. The monoisotopic (exact) mass is 475 g/mol. The lowest BCUT2D eigenvalue weighted by atomic mass is 10.0. The molecule has 0 fully saturated rings. The molecule has 180 valence electrons. The molecule has 5 rings (SSSR count). The smallest absolute Gasteiger partial charge is 0.270 e. The molecule has 1 unspecified atom stereocenters. The molecule has 0 spiro atoms. The number of nitrogens with zero attached hydrogens (tertiary/aromatic N) is 2. The Morgan fingerprint density at radius 3 is 2.25 bits per heavy atom. The van der Waals surface area contributed by atoms with Crippen LogP contribution in [-0.2, 0) is 6.54 Å². The number of rotatable bonds is 7. The van der Waals surface area contributed by atoms with Crippen molar-refractivity contribution in [1.82, 2.24) is 14.9 Å². The van der Waals surface area contributed by atoms with Gasteiger partial charge in [-0.3, -0.25) is 4.79 Å². The summed E-state index contributed by atoms with van der Waals surface area (Å²) < 4.78 is 7.38. The molecule has 0 aliphatic heterocycles. The zero-order chi connectivity index (χ0) is 25.1. The normalized spacial score (nSPS) is 11.9. The zero-order valence-electron chi connectivity index (χ0n) is 20.7. The Labute approximate surface area is 211 Å². The second-order valence-corrected chi connectivity index (χ2v) is 8.78. The molecule has 0 radical (unpaired) electrons. The predicted octanol–water partition coefficient (Wildman–Crippen LogP) is 6.89. The van der Waals surface area contributed by atoms with Crippen LogP contribution in [0, 0.1) is 0 Å². The first-order valence-electron chi connectivity index (χ1n) is 12.2. The lowest BCUT2D eigenvalue weighted by Gasteiger charge is -2.16. The topological polar surface area (TPSA) is 56.2 Å². The van der Waals surface area contributed by atoms with E-state index in [1.807, 2.05) is 103 Å². The minimum Gasteiger partial charge on any atom is -0.497 e. The van der Waals surface area contributed by atoms with E-state index < -0.39 is 0 Å². The van der Waals surface area contributed by atoms with Crippen LogP contribution >= 0.6 is 0 Å². The summed E-state index contributed by atoms with van der Waals surface area (Å²) in [6, 6.07) is 32.0. The molecule has 5 nitrogen and oxygen atoms in total. The number of benzene rings is 4. The number of aromatic nitrogens is 2. The van der Waals surface area contributed by atoms with Crippen LogP contribution < -0.4 is 10.1 Å². The van der Waals surface area contributed by atoms with Crippen molar-refractivity contribution in [1.29, 1.82) is 0 Å². The first kappa shape index (κ1) is 23.4. The van der Waals surface area contributed by atoms with E-state index in [0.29, 0.717) is 17.9 Å². The number of imidazole rings is 1.